The van der Waals surface area contributed by atoms with Gasteiger partial charge in [-0.3, -0.25) is 0 Å². The molecule has 2 radical (unpaired) electrons. The molecule has 6 nitrogen and oxygen atoms in total. The minimum Gasteiger partial charge on any atom is -0.550 e. The molecule has 0 aliphatic heterocycles. The molecule has 0 heterocycles. The molecule has 10 heteroatoms. The average molecular weight is 732 g/mol. The average Bonchev–Trinajstić information content (AvgIpc) is 2.82. The van der Waals surface area contributed by atoms with E-state index in [1.807, 2.05) is 0 Å². The third kappa shape index (κ3) is 34.5. The molecule has 0 N–H and O–H groups in total. The molecule has 0 aromatic heterocycles. The Labute approximate surface area is 279 Å². The van der Waals surface area contributed by atoms with Crippen molar-refractivity contribution in [3.05, 3.63) is 0 Å². The topological polar surface area (TPSA) is 120 Å². The monoisotopic (exact) mass is 730 g/mol. The van der Waals surface area contributed by atoms with Crippen LogP contribution in [0.25, 0.3) is 0 Å². The van der Waals surface area contributed by atoms with Crippen molar-refractivity contribution in [1.29, 1.82) is 0 Å². The van der Waals surface area contributed by atoms with Gasteiger partial charge < -0.3 is 29.7 Å². The summed E-state index contributed by atoms with van der Waals surface area (Å²) >= 11 is 12.1. The Kier molecular flexibility index (Phi) is 38.0. The van der Waals surface area contributed by atoms with Gasteiger partial charge in [-0.05, 0) is 91.3 Å². The number of carbonyl (C=O) groups is 3. The quantitative estimate of drug-likeness (QED) is 0.121. The third-order valence-corrected chi connectivity index (χ3v) is 7.21. The van der Waals surface area contributed by atoms with E-state index in [0.29, 0.717) is 54.3 Å². The van der Waals surface area contributed by atoms with E-state index in [1.165, 1.54) is 0 Å². The number of carboxylic acid groups (broad SMARTS) is 3. The van der Waals surface area contributed by atoms with Crippen LogP contribution in [0.4, 0.5) is 0 Å². The summed E-state index contributed by atoms with van der Waals surface area (Å²) < 4.78 is 0. The fourth-order valence-electron chi connectivity index (χ4n) is 3.93. The van der Waals surface area contributed by atoms with Gasteiger partial charge in [0, 0.05) is 17.9 Å². The van der Waals surface area contributed by atoms with Crippen molar-refractivity contribution in [1.82, 2.24) is 0 Å². The van der Waals surface area contributed by atoms with E-state index in [9.17, 15) is 29.7 Å². The second kappa shape index (κ2) is 32.2. The molecule has 0 saturated heterocycles. The first-order valence-corrected chi connectivity index (χ1v) is 16.6. The van der Waals surface area contributed by atoms with Gasteiger partial charge in [-0.1, -0.05) is 80.1 Å². The molecule has 3 unspecified atom stereocenters. The summed E-state index contributed by atoms with van der Waals surface area (Å²) in [5.74, 6) is 0.188. The predicted octanol–water partition coefficient (Wildman–Crippen LogP) is 4.12. The van der Waals surface area contributed by atoms with Crippen LogP contribution in [-0.4, -0.2) is 59.6 Å². The number of hydrogen-bond acceptors (Lipinski definition) is 9. The predicted molar refractivity (Wildman–Crippen MR) is 173 cm³/mol. The first-order chi connectivity index (χ1) is 18.2. The number of aliphatic carboxylic acids is 3. The van der Waals surface area contributed by atoms with Gasteiger partial charge in [-0.15, -0.1) is 0 Å². The minimum atomic E-state index is -0.919. The molecule has 0 aliphatic rings. The molecule has 0 fully saturated rings. The van der Waals surface area contributed by atoms with E-state index in [1.54, 1.807) is 0 Å². The van der Waals surface area contributed by atoms with E-state index in [2.05, 4.69) is 79.4 Å². The fourth-order valence-corrected chi connectivity index (χ4v) is 4.86. The molecule has 0 aromatic rings. The molecule has 236 valence electrons. The van der Waals surface area contributed by atoms with Crippen LogP contribution < -0.4 is 15.3 Å². The maximum Gasteiger partial charge on any atom is 3.00 e. The van der Waals surface area contributed by atoms with Crippen molar-refractivity contribution in [2.75, 3.05) is 17.3 Å². The van der Waals surface area contributed by atoms with Crippen LogP contribution in [0.2, 0.25) is 0 Å². The summed E-state index contributed by atoms with van der Waals surface area (Å²) in [6.07, 6.45) is 10.3. The van der Waals surface area contributed by atoms with E-state index >= 15 is 0 Å². The van der Waals surface area contributed by atoms with Crippen LogP contribution in [0.5, 0.6) is 0 Å². The number of hydrogen-bond donors (Lipinski definition) is 3. The zero-order valence-electron chi connectivity index (χ0n) is 25.8. The summed E-state index contributed by atoms with van der Waals surface area (Å²) in [7, 11) is 0. The van der Waals surface area contributed by atoms with Crippen LogP contribution in [0.3, 0.4) is 0 Å². The molecule has 0 rings (SSSR count). The van der Waals surface area contributed by atoms with Gasteiger partial charge in [0.05, 0.1) is 0 Å². The van der Waals surface area contributed by atoms with E-state index in [0.717, 1.165) is 57.8 Å². The first-order valence-electron chi connectivity index (χ1n) is 14.7. The first kappa shape index (κ1) is 47.2. The van der Waals surface area contributed by atoms with E-state index < -0.39 is 17.9 Å². The molecule has 0 aliphatic carbocycles. The Morgan fingerprint density at radius 2 is 0.650 bits per heavy atom. The van der Waals surface area contributed by atoms with E-state index in [4.69, 9.17) is 0 Å². The second-order valence-electron chi connectivity index (χ2n) is 11.6. The van der Waals surface area contributed by atoms with Crippen LogP contribution in [0.1, 0.15) is 119 Å². The molecule has 3 atom stereocenters. The van der Waals surface area contributed by atoms with Crippen molar-refractivity contribution in [2.24, 2.45) is 35.5 Å². The Morgan fingerprint density at radius 1 is 0.450 bits per heavy atom. The number of thiol groups is 3. The molecule has 0 bridgehead atoms. The normalized spacial score (nSPS) is 12.9. The van der Waals surface area contributed by atoms with Gasteiger partial charge >= 0.3 is 24.4 Å². The fraction of sp³-hybridized carbons (Fsp3) is 0.900. The van der Waals surface area contributed by atoms with Crippen LogP contribution >= 0.6 is 37.9 Å². The third-order valence-electron chi connectivity index (χ3n) is 6.43. The minimum absolute atomic E-state index is 0. The van der Waals surface area contributed by atoms with E-state index in [-0.39, 0.29) is 42.2 Å². The van der Waals surface area contributed by atoms with Gasteiger partial charge in [0.25, 0.3) is 0 Å². The van der Waals surface area contributed by atoms with Gasteiger partial charge in [-0.2, -0.15) is 37.9 Å². The Morgan fingerprint density at radius 3 is 0.775 bits per heavy atom. The maximum atomic E-state index is 10.6. The summed E-state index contributed by atoms with van der Waals surface area (Å²) in [6, 6.07) is 0. The zero-order chi connectivity index (χ0) is 30.8. The van der Waals surface area contributed by atoms with Crippen LogP contribution in [0.15, 0.2) is 0 Å². The summed E-state index contributed by atoms with van der Waals surface area (Å²) in [4.78, 5) is 31.9. The number of carbonyl (C=O) groups excluding carboxylic acids is 3. The van der Waals surface area contributed by atoms with Gasteiger partial charge in [0.15, 0.2) is 0 Å². The van der Waals surface area contributed by atoms with Gasteiger partial charge in [0.1, 0.15) is 0 Å². The smallest absolute Gasteiger partial charge is 0.550 e. The Bertz CT molecular complexity index is 525. The second-order valence-corrected chi connectivity index (χ2v) is 12.9. The maximum absolute atomic E-state index is 10.6. The largest absolute Gasteiger partial charge is 3.00 e. The Balaban J connectivity index is -0.000000240. The Hall–Kier alpha value is 0.278. The van der Waals surface area contributed by atoms with Crippen LogP contribution in [-0.2, 0) is 14.4 Å². The van der Waals surface area contributed by atoms with Crippen molar-refractivity contribution in [3.8, 4) is 0 Å². The van der Waals surface area contributed by atoms with Gasteiger partial charge in [0.2, 0.25) is 0 Å². The molecule has 40 heavy (non-hydrogen) atoms. The molecule has 0 aromatic carbocycles. The van der Waals surface area contributed by atoms with Crippen molar-refractivity contribution in [2.45, 2.75) is 119 Å². The van der Waals surface area contributed by atoms with Crippen molar-refractivity contribution < 1.29 is 29.7 Å². The summed E-state index contributed by atoms with van der Waals surface area (Å²) in [6.45, 7) is 12.9. The van der Waals surface area contributed by atoms with Crippen molar-refractivity contribution in [3.63, 3.8) is 0 Å². The molecule has 0 saturated carbocycles. The molecule has 0 spiro atoms. The summed E-state index contributed by atoms with van der Waals surface area (Å²) in [5.41, 5.74) is 0. The molecule has 0 amide bonds. The van der Waals surface area contributed by atoms with Crippen molar-refractivity contribution >= 4 is 80.2 Å². The number of rotatable bonds is 21. The number of carboxylic acids is 3. The van der Waals surface area contributed by atoms with Gasteiger partial charge in [-0.25, -0.2) is 0 Å². The van der Waals surface area contributed by atoms with Crippen LogP contribution in [0, 0.1) is 35.5 Å². The molecular weight excluding hydrogens is 674 g/mol. The zero-order valence-corrected chi connectivity index (χ0v) is 31.0. The molecular formula is C30H57O6S3Sb. The standard InChI is InChI=1S/3C10H20O2S.Sb/c3*1-8(2)4-3-5-9(6-7-13)10(11)12;/h3*8-9,13H,3-7H2,1-2H3,(H,11,12);/q;;;+3/p-3. The summed E-state index contributed by atoms with van der Waals surface area (Å²) in [5, 5.41) is 31.9. The SMILES string of the molecule is CC(C)CCCC(CCS)C(=O)[O-].CC(C)CCCC(CCS)C(=O)[O-].CC(C)CCCC(CCS)C(=O)[O-].[Sb+3].